The molecule has 2 aromatic heterocycles. The largest absolute Gasteiger partial charge is 0.349 e. The highest BCUT2D eigenvalue weighted by Gasteiger charge is 2.18. The van der Waals surface area contributed by atoms with Crippen LogP contribution in [0.2, 0.25) is 10.0 Å². The fraction of sp³-hybridized carbons (Fsp3) is 0.0952. The number of hydrogen-bond acceptors (Lipinski definition) is 3. The fourth-order valence-corrected chi connectivity index (χ4v) is 3.49. The molecule has 0 aliphatic carbocycles. The van der Waals surface area contributed by atoms with Crippen LogP contribution in [-0.2, 0) is 4.79 Å². The monoisotopic (exact) mass is 441 g/mol. The van der Waals surface area contributed by atoms with Crippen LogP contribution in [0.4, 0.5) is 11.4 Å². The number of benzene rings is 2. The molecule has 7 nitrogen and oxygen atoms in total. The van der Waals surface area contributed by atoms with Crippen molar-refractivity contribution in [1.29, 1.82) is 0 Å². The van der Waals surface area contributed by atoms with Crippen molar-refractivity contribution in [2.24, 2.45) is 0 Å². The molecule has 4 rings (SSSR count). The smallest absolute Gasteiger partial charge is 0.273 e. The Bertz CT molecular complexity index is 1230. The lowest BCUT2D eigenvalue weighted by atomic mass is 10.2. The zero-order valence-electron chi connectivity index (χ0n) is 15.8. The Morgan fingerprint density at radius 1 is 1.07 bits per heavy atom. The third-order valence-corrected chi connectivity index (χ3v) is 5.24. The Kier molecular flexibility index (Phi) is 5.48. The van der Waals surface area contributed by atoms with Gasteiger partial charge in [0.2, 0.25) is 5.91 Å². The number of halogens is 2. The Labute approximate surface area is 182 Å². The van der Waals surface area contributed by atoms with E-state index in [0.29, 0.717) is 32.3 Å². The summed E-state index contributed by atoms with van der Waals surface area (Å²) in [5.74, 6) is -0.626. The predicted octanol–water partition coefficient (Wildman–Crippen LogP) is 5.12. The van der Waals surface area contributed by atoms with Gasteiger partial charge in [0.05, 0.1) is 5.02 Å². The lowest BCUT2D eigenvalue weighted by Gasteiger charge is -2.13. The van der Waals surface area contributed by atoms with E-state index in [0.717, 1.165) is 0 Å². The molecule has 3 N–H and O–H groups in total. The lowest BCUT2D eigenvalue weighted by molar-refractivity contribution is -0.119. The molecule has 2 amide bonds. The summed E-state index contributed by atoms with van der Waals surface area (Å²) < 4.78 is 1.56. The molecule has 0 radical (unpaired) electrons. The molecule has 0 aliphatic rings. The summed E-state index contributed by atoms with van der Waals surface area (Å²) in [4.78, 5) is 28.2. The van der Waals surface area contributed by atoms with E-state index in [1.807, 2.05) is 0 Å². The third-order valence-electron chi connectivity index (χ3n) is 4.61. The van der Waals surface area contributed by atoms with E-state index < -0.39 is 11.9 Å². The molecule has 0 spiro atoms. The number of hydrogen-bond donors (Lipinski definition) is 3. The van der Waals surface area contributed by atoms with Crippen molar-refractivity contribution in [1.82, 2.24) is 14.8 Å². The summed E-state index contributed by atoms with van der Waals surface area (Å²) in [7, 11) is 0. The highest BCUT2D eigenvalue weighted by molar-refractivity contribution is 6.40. The van der Waals surface area contributed by atoms with Gasteiger partial charge in [-0.3, -0.25) is 14.3 Å². The summed E-state index contributed by atoms with van der Waals surface area (Å²) >= 11 is 12.4. The highest BCUT2D eigenvalue weighted by atomic mass is 35.5. The van der Waals surface area contributed by atoms with E-state index in [1.165, 1.54) is 0 Å². The van der Waals surface area contributed by atoms with Crippen molar-refractivity contribution in [3.05, 3.63) is 76.7 Å². The molecule has 4 aromatic rings. The first-order chi connectivity index (χ1) is 14.4. The van der Waals surface area contributed by atoms with Gasteiger partial charge in [0.15, 0.2) is 0 Å². The van der Waals surface area contributed by atoms with E-state index in [-0.39, 0.29) is 11.6 Å². The summed E-state index contributed by atoms with van der Waals surface area (Å²) in [6.07, 6.45) is 3.33. The topological polar surface area (TPSA) is 91.8 Å². The second-order valence-corrected chi connectivity index (χ2v) is 7.50. The molecule has 0 fully saturated rings. The molecule has 9 heteroatoms. The van der Waals surface area contributed by atoms with Crippen LogP contribution < -0.4 is 10.6 Å². The number of carbonyl (C=O) groups is 2. The van der Waals surface area contributed by atoms with Crippen LogP contribution in [0, 0.1) is 0 Å². The molecule has 0 saturated heterocycles. The van der Waals surface area contributed by atoms with Gasteiger partial charge in [0.1, 0.15) is 11.7 Å². The Morgan fingerprint density at radius 3 is 2.57 bits per heavy atom. The van der Waals surface area contributed by atoms with Gasteiger partial charge >= 0.3 is 0 Å². The summed E-state index contributed by atoms with van der Waals surface area (Å²) in [6, 6.07) is 13.3. The van der Waals surface area contributed by atoms with Crippen molar-refractivity contribution in [2.45, 2.75) is 13.0 Å². The van der Waals surface area contributed by atoms with Crippen LogP contribution in [0.1, 0.15) is 23.5 Å². The molecular formula is C21H17Cl2N5O2. The molecule has 2 aromatic carbocycles. The first kappa shape index (κ1) is 20.0. The standard InChI is InChI=1S/C21H17Cl2N5O2/c1-12(28-9-3-8-24-28)20(29)25-14-4-2-5-15(11-14)26-21(30)19-18(23)16-10-13(22)6-7-17(16)27-19/h2-12,27H,1H3,(H,25,29)(H,26,30). The minimum atomic E-state index is -0.477. The highest BCUT2D eigenvalue weighted by Crippen LogP contribution is 2.30. The molecule has 30 heavy (non-hydrogen) atoms. The summed E-state index contributed by atoms with van der Waals surface area (Å²) in [5.41, 5.74) is 2.00. The summed E-state index contributed by atoms with van der Waals surface area (Å²) in [6.45, 7) is 1.75. The molecule has 0 aliphatic heterocycles. The predicted molar refractivity (Wildman–Crippen MR) is 118 cm³/mol. The number of carbonyl (C=O) groups excluding carboxylic acids is 2. The van der Waals surface area contributed by atoms with Gasteiger partial charge in [-0.15, -0.1) is 0 Å². The van der Waals surface area contributed by atoms with Crippen molar-refractivity contribution >= 4 is 57.3 Å². The first-order valence-electron chi connectivity index (χ1n) is 9.10. The quantitative estimate of drug-likeness (QED) is 0.401. The number of aromatic amines is 1. The minimum Gasteiger partial charge on any atom is -0.349 e. The number of fused-ring (bicyclic) bond motifs is 1. The molecule has 0 saturated carbocycles. The van der Waals surface area contributed by atoms with E-state index >= 15 is 0 Å². The van der Waals surface area contributed by atoms with Crippen molar-refractivity contribution in [2.75, 3.05) is 10.6 Å². The fourth-order valence-electron chi connectivity index (χ4n) is 3.03. The van der Waals surface area contributed by atoms with Crippen LogP contribution >= 0.6 is 23.2 Å². The van der Waals surface area contributed by atoms with Crippen LogP contribution in [0.5, 0.6) is 0 Å². The number of nitrogens with one attached hydrogen (secondary N) is 3. The number of H-pyrrole nitrogens is 1. The van der Waals surface area contributed by atoms with Crippen molar-refractivity contribution < 1.29 is 9.59 Å². The van der Waals surface area contributed by atoms with E-state index in [1.54, 1.807) is 72.5 Å². The second kappa shape index (κ2) is 8.22. The van der Waals surface area contributed by atoms with Crippen molar-refractivity contribution in [3.8, 4) is 0 Å². The lowest BCUT2D eigenvalue weighted by Crippen LogP contribution is -2.24. The van der Waals surface area contributed by atoms with E-state index in [4.69, 9.17) is 23.2 Å². The second-order valence-electron chi connectivity index (χ2n) is 6.69. The van der Waals surface area contributed by atoms with Crippen molar-refractivity contribution in [3.63, 3.8) is 0 Å². The maximum Gasteiger partial charge on any atom is 0.273 e. The Balaban J connectivity index is 1.50. The van der Waals surface area contributed by atoms with E-state index in [9.17, 15) is 9.59 Å². The van der Waals surface area contributed by atoms with Crippen LogP contribution in [-0.4, -0.2) is 26.6 Å². The Hall–Kier alpha value is -3.29. The first-order valence-corrected chi connectivity index (χ1v) is 9.86. The number of rotatable bonds is 5. The van der Waals surface area contributed by atoms with Gasteiger partial charge < -0.3 is 15.6 Å². The van der Waals surface area contributed by atoms with Gasteiger partial charge in [-0.05, 0) is 49.4 Å². The van der Waals surface area contributed by atoms with Crippen LogP contribution in [0.3, 0.4) is 0 Å². The molecule has 1 unspecified atom stereocenters. The van der Waals surface area contributed by atoms with Gasteiger partial charge in [-0.25, -0.2) is 0 Å². The third kappa shape index (κ3) is 4.03. The normalized spacial score (nSPS) is 12.0. The maximum absolute atomic E-state index is 12.7. The molecule has 1 atom stereocenters. The average Bonchev–Trinajstić information content (AvgIpc) is 3.36. The maximum atomic E-state index is 12.7. The van der Waals surface area contributed by atoms with E-state index in [2.05, 4.69) is 20.7 Å². The number of amides is 2. The molecule has 2 heterocycles. The van der Waals surface area contributed by atoms with Gasteiger partial charge in [0.25, 0.3) is 5.91 Å². The molecular weight excluding hydrogens is 425 g/mol. The number of nitrogens with zero attached hydrogens (tertiary/aromatic N) is 2. The number of aromatic nitrogens is 3. The van der Waals surface area contributed by atoms with Gasteiger partial charge in [-0.2, -0.15) is 5.10 Å². The Morgan fingerprint density at radius 2 is 1.83 bits per heavy atom. The average molecular weight is 442 g/mol. The molecule has 0 bridgehead atoms. The van der Waals surface area contributed by atoms with Gasteiger partial charge in [0, 0.05) is 39.7 Å². The van der Waals surface area contributed by atoms with Gasteiger partial charge in [-0.1, -0.05) is 29.3 Å². The SMILES string of the molecule is CC(C(=O)Nc1cccc(NC(=O)c2[nH]c3ccc(Cl)cc3c2Cl)c1)n1cccn1. The minimum absolute atomic E-state index is 0.224. The summed E-state index contributed by atoms with van der Waals surface area (Å²) in [5, 5.41) is 11.2. The van der Waals surface area contributed by atoms with Crippen LogP contribution in [0.15, 0.2) is 60.9 Å². The number of anilines is 2. The zero-order valence-corrected chi connectivity index (χ0v) is 17.3. The zero-order chi connectivity index (χ0) is 21.3. The van der Waals surface area contributed by atoms with Crippen LogP contribution in [0.25, 0.3) is 10.9 Å². The molecule has 152 valence electrons.